The Morgan fingerprint density at radius 1 is 0.400 bits per heavy atom. The summed E-state index contributed by atoms with van der Waals surface area (Å²) in [6, 6.07) is 56.0. The number of rotatable bonds is 28. The van der Waals surface area contributed by atoms with Crippen LogP contribution in [0.25, 0.3) is 33.4 Å². The number of carbonyl (C=O) groups excluding carboxylic acids is 7. The molecular formula is C100H88BBr2Cl6IN4O21. The molecule has 0 saturated carbocycles. The molecule has 0 unspecified atom stereocenters. The fourth-order valence-corrected chi connectivity index (χ4v) is 15.1. The lowest BCUT2D eigenvalue weighted by molar-refractivity contribution is -0.122. The van der Waals surface area contributed by atoms with Gasteiger partial charge in [0.2, 0.25) is 17.0 Å². The molecule has 2 atom stereocenters. The third kappa shape index (κ3) is 32.9. The van der Waals surface area contributed by atoms with Gasteiger partial charge in [0.25, 0.3) is 11.1 Å². The van der Waals surface area contributed by atoms with Crippen LogP contribution < -0.4 is 45.0 Å². The summed E-state index contributed by atoms with van der Waals surface area (Å²) in [5, 5.41) is 37.0. The number of benzene rings is 9. The number of carboxylic acids is 2. The van der Waals surface area contributed by atoms with Gasteiger partial charge in [0, 0.05) is 159 Å². The van der Waals surface area contributed by atoms with Gasteiger partial charge < -0.3 is 57.8 Å². The molecule has 4 aromatic heterocycles. The largest absolute Gasteiger partial charge is 0.495 e. The smallest absolute Gasteiger partial charge is 0.492 e. The number of halogens is 9. The van der Waals surface area contributed by atoms with E-state index in [1.165, 1.54) is 195 Å². The number of pyridine rings is 4. The molecule has 0 radical (unpaired) electrons. The van der Waals surface area contributed by atoms with Crippen LogP contribution in [-0.4, -0.2) is 141 Å². The molecule has 13 rings (SSSR count). The van der Waals surface area contributed by atoms with Crippen LogP contribution in [0.2, 0.25) is 25.1 Å². The Hall–Kier alpha value is -12.0. The first kappa shape index (κ1) is 88.3. The molecule has 4 N–H and O–H groups in total. The number of Topliss-reactive ketones (excluding diaryl/α,β-unsaturated/α-hetero) is 6. The maximum absolute atomic E-state index is 13.7. The highest BCUT2D eigenvalue weighted by atomic mass is 127. The number of aromatic carboxylic acids is 2. The molecule has 0 saturated heterocycles. The maximum Gasteiger partial charge on any atom is 0.492 e. The Bertz CT molecular complexity index is 6940. The number of hydrogen-bond acceptors (Lipinski definition) is 21. The topological polar surface area (TPSA) is 360 Å². The summed E-state index contributed by atoms with van der Waals surface area (Å²) in [6.45, 7) is -13.9. The number of ether oxygens (including phenoxy) is 6. The molecule has 9 aromatic carbocycles. The van der Waals surface area contributed by atoms with Gasteiger partial charge in [-0.2, -0.15) is 0 Å². The molecule has 0 aliphatic rings. The zero-order valence-electron chi connectivity index (χ0n) is 86.7. The van der Waals surface area contributed by atoms with Crippen molar-refractivity contribution in [1.82, 2.24) is 19.1 Å². The Kier molecular flexibility index (Phi) is 35.3. The highest BCUT2D eigenvalue weighted by Crippen LogP contribution is 2.39. The van der Waals surface area contributed by atoms with Gasteiger partial charge in [-0.3, -0.25) is 43.2 Å². The summed E-state index contributed by atoms with van der Waals surface area (Å²) in [7, 11) is 6.88. The lowest BCUT2D eigenvalue weighted by Gasteiger charge is -2.21. The minimum absolute atomic E-state index is 0.0287. The second-order valence-corrected chi connectivity index (χ2v) is 33.2. The van der Waals surface area contributed by atoms with Crippen LogP contribution in [0, 0.1) is 3.57 Å². The highest BCUT2D eigenvalue weighted by molar-refractivity contribution is 14.1. The molecule has 25 nitrogen and oxygen atoms in total. The van der Waals surface area contributed by atoms with Crippen molar-refractivity contribution in [3.8, 4) is 68.1 Å². The minimum Gasteiger partial charge on any atom is -0.495 e. The van der Waals surface area contributed by atoms with Crippen molar-refractivity contribution in [2.24, 2.45) is 0 Å². The van der Waals surface area contributed by atoms with Crippen molar-refractivity contribution >= 4 is 189 Å². The lowest BCUT2D eigenvalue weighted by atomic mass is 9.80. The number of methoxy groups -OCH3 is 6. The van der Waals surface area contributed by atoms with E-state index in [0.717, 1.165) is 20.6 Å². The van der Waals surface area contributed by atoms with E-state index in [4.69, 9.17) is 117 Å². The SMILES string of the molecule is COc1cc(B(O)O)c(OC)cn1.Clc1ccc(I)c(Br)c1.[2H]C([2H])([2H])C(=O)Cl.[2H]C([2H])([2H])C(=O)c1ccc(Cl)cc1-c1cc(=O)n([C@@H](Cc2ccccc2)C(=O)Cc2ccc(C(=O)O)cc2)cc1OC.[2H]C([2H])([2H])C(=O)c1ccc(Cl)cc1-c1cc(=O)n([C@H](Cc2ccccc2)C(=O)Cc2ccc(C(=O)O)cc2)cc1OC.[2H]C([2H])([2H])C(=O)c1ccc(Cl)cc1-c1cc(OC)ncc1OC.[2H]C([2H])([2H])C(=O)c1ccc(Cl)cc1Br. The summed E-state index contributed by atoms with van der Waals surface area (Å²) in [4.78, 5) is 144. The van der Waals surface area contributed by atoms with Crippen molar-refractivity contribution in [1.29, 1.82) is 0 Å². The molecule has 0 bridgehead atoms. The summed E-state index contributed by atoms with van der Waals surface area (Å²) >= 11 is 43.0. The van der Waals surface area contributed by atoms with Gasteiger partial charge in [-0.05, 0) is 248 Å². The number of ketones is 6. The average molecular weight is 2210 g/mol. The van der Waals surface area contributed by atoms with Crippen molar-refractivity contribution in [3.05, 3.63) is 363 Å². The Morgan fingerprint density at radius 2 is 0.733 bits per heavy atom. The van der Waals surface area contributed by atoms with E-state index in [-0.39, 0.29) is 120 Å². The zero-order valence-corrected chi connectivity index (χ0v) is 81.5. The van der Waals surface area contributed by atoms with Gasteiger partial charge in [-0.25, -0.2) is 19.6 Å². The molecule has 35 heteroatoms. The molecule has 700 valence electrons. The van der Waals surface area contributed by atoms with Gasteiger partial charge in [0.05, 0.1) is 90.7 Å². The minimum atomic E-state index is -2.93. The lowest BCUT2D eigenvalue weighted by Crippen LogP contribution is -2.32. The predicted octanol–water partition coefficient (Wildman–Crippen LogP) is 21.5. The first-order valence-corrected chi connectivity index (χ1v) is 43.9. The number of carbonyl (C=O) groups is 9. The molecule has 0 spiro atoms. The van der Waals surface area contributed by atoms with Crippen LogP contribution in [0.3, 0.4) is 0 Å². The van der Waals surface area contributed by atoms with E-state index in [2.05, 4.69) is 76.0 Å². The van der Waals surface area contributed by atoms with E-state index >= 15 is 0 Å². The first-order valence-electron chi connectivity index (χ1n) is 46.4. The van der Waals surface area contributed by atoms with E-state index in [1.54, 1.807) is 30.3 Å². The fourth-order valence-electron chi connectivity index (χ4n) is 12.7. The summed E-state index contributed by atoms with van der Waals surface area (Å²) < 4.78 is 143. The second kappa shape index (κ2) is 53.9. The molecule has 13 aromatic rings. The predicted molar refractivity (Wildman–Crippen MR) is 541 cm³/mol. The van der Waals surface area contributed by atoms with Gasteiger partial charge in [0.15, 0.2) is 34.7 Å². The van der Waals surface area contributed by atoms with Gasteiger partial charge >= 0.3 is 19.1 Å². The third-order valence-electron chi connectivity index (χ3n) is 19.1. The van der Waals surface area contributed by atoms with Crippen molar-refractivity contribution in [3.63, 3.8) is 0 Å². The molecule has 0 aliphatic heterocycles. The average Bonchev–Trinajstić information content (AvgIpc) is 0.769. The molecule has 135 heavy (non-hydrogen) atoms. The Balaban J connectivity index is 0.000000259. The monoisotopic (exact) mass is 2200 g/mol. The second-order valence-electron chi connectivity index (χ2n) is 27.8. The fraction of sp³-hybridized carbons (Fsp3) is 0.170. The van der Waals surface area contributed by atoms with Gasteiger partial charge in [-0.15, -0.1) is 0 Å². The molecule has 4 heterocycles. The molecular weight excluding hydrogens is 2100 g/mol. The number of nitrogens with zero attached hydrogens (tertiary/aromatic N) is 4. The maximum atomic E-state index is 13.7. The van der Waals surface area contributed by atoms with Crippen molar-refractivity contribution in [2.45, 2.75) is 72.0 Å². The van der Waals surface area contributed by atoms with Gasteiger partial charge in [-0.1, -0.05) is 143 Å². The van der Waals surface area contributed by atoms with Crippen LogP contribution in [0.5, 0.6) is 34.8 Å². The van der Waals surface area contributed by atoms with Crippen LogP contribution in [0.4, 0.5) is 0 Å². The quantitative estimate of drug-likeness (QED) is 0.0116. The van der Waals surface area contributed by atoms with Crippen LogP contribution >= 0.6 is 124 Å². The zero-order chi connectivity index (χ0) is 112. The number of carboxylic acid groups (broad SMARTS) is 2. The Labute approximate surface area is 859 Å². The summed E-state index contributed by atoms with van der Waals surface area (Å²) in [6.07, 6.45) is 5.73. The normalized spacial score (nSPS) is 12.9. The highest BCUT2D eigenvalue weighted by Gasteiger charge is 2.29. The molecule has 0 aliphatic carbocycles. The number of aromatic nitrogens is 4. The van der Waals surface area contributed by atoms with E-state index < -0.39 is 105 Å². The Morgan fingerprint density at radius 3 is 1.06 bits per heavy atom. The number of hydrogen-bond donors (Lipinski definition) is 4. The summed E-state index contributed by atoms with van der Waals surface area (Å²) in [5.74, 6) is -5.35. The van der Waals surface area contributed by atoms with E-state index in [9.17, 15) is 63.0 Å². The van der Waals surface area contributed by atoms with Crippen LogP contribution in [-0.2, 0) is 40.1 Å². The van der Waals surface area contributed by atoms with Crippen molar-refractivity contribution in [2.75, 3.05) is 42.7 Å². The molecule has 0 amide bonds. The molecule has 0 fully saturated rings. The van der Waals surface area contributed by atoms with E-state index in [0.29, 0.717) is 60.0 Å². The van der Waals surface area contributed by atoms with Gasteiger partial charge in [0.1, 0.15) is 23.0 Å². The van der Waals surface area contributed by atoms with E-state index in [1.807, 2.05) is 78.9 Å². The third-order valence-corrected chi connectivity index (χ3v) is 23.3. The van der Waals surface area contributed by atoms with Crippen molar-refractivity contribution < 1.29 is 112 Å². The standard InChI is InChI=1S/2C31H26ClNO6.C15H14ClNO3.C8H6BrClO.C7H10BNO4.C6H3BrClI.C2H3ClO/c2*1-19(34)24-13-12-23(32)16-25(24)26-17-30(36)33(18-29(26)39-2)27(14-20-6-4-3-5-7-20)28(35)15-21-8-10-22(11-9-21)31(37)38;1-9(18)11-5-4-10(16)6-12(11)13-7-15(20-3)17-8-14(13)19-2;1-5(11)7-3-2-6(10)4-8(7)9;1-12-6-4-9-7(13-2)3-5(6)8(10)11;7-5-3-4(8)1-2-6(5)9;1-2(3)4/h2*3-13,16-18,27H,14-15H2,1-2H3,(H,37,38);4-8H,1-3H3;2-4H,1H3;3-4,10-11H,1-2H3;1-3H;1H3/t2*27-;;;;;/m10...../s1/i4*1D3;;;1D3. The first-order chi connectivity index (χ1) is 70.2. The summed E-state index contributed by atoms with van der Waals surface area (Å²) in [5.41, 5.74) is 3.11. The van der Waals surface area contributed by atoms with Crippen LogP contribution in [0.1, 0.15) is 151 Å². The van der Waals surface area contributed by atoms with Crippen LogP contribution in [0.15, 0.2) is 268 Å².